The molecule has 6 heteroatoms. The minimum absolute atomic E-state index is 0.0400. The molecule has 1 amide bonds. The summed E-state index contributed by atoms with van der Waals surface area (Å²) < 4.78 is 6.05. The van der Waals surface area contributed by atoms with Crippen LogP contribution in [0, 0.1) is 0 Å². The van der Waals surface area contributed by atoms with Gasteiger partial charge in [-0.1, -0.05) is 19.9 Å². The number of carbonyl (C=O) groups is 2. The summed E-state index contributed by atoms with van der Waals surface area (Å²) in [5.41, 5.74) is 6.34. The summed E-state index contributed by atoms with van der Waals surface area (Å²) in [5.74, 6) is -1.09. The molecule has 6 nitrogen and oxygen atoms in total. The molecule has 3 N–H and O–H groups in total. The van der Waals surface area contributed by atoms with Crippen LogP contribution in [0.2, 0.25) is 0 Å². The molecular formula is C15H26N2O4. The largest absolute Gasteiger partial charge is 0.478 e. The summed E-state index contributed by atoms with van der Waals surface area (Å²) in [7, 11) is 1.68. The molecule has 0 spiro atoms. The molecular weight excluding hydrogens is 272 g/mol. The zero-order valence-electron chi connectivity index (χ0n) is 13.2. The van der Waals surface area contributed by atoms with Crippen molar-refractivity contribution in [3.63, 3.8) is 0 Å². The van der Waals surface area contributed by atoms with E-state index >= 15 is 0 Å². The van der Waals surface area contributed by atoms with Gasteiger partial charge < -0.3 is 20.5 Å². The Balaban J connectivity index is 3.04. The van der Waals surface area contributed by atoms with Crippen molar-refractivity contribution in [3.8, 4) is 0 Å². The number of hydrogen-bond donors (Lipinski definition) is 2. The Morgan fingerprint density at radius 1 is 1.48 bits per heavy atom. The second-order valence-electron chi connectivity index (χ2n) is 5.51. The highest BCUT2D eigenvalue weighted by atomic mass is 16.5. The molecule has 0 aliphatic heterocycles. The first-order chi connectivity index (χ1) is 9.81. The van der Waals surface area contributed by atoms with Gasteiger partial charge in [0.25, 0.3) is 0 Å². The Morgan fingerprint density at radius 2 is 2.05 bits per heavy atom. The van der Waals surface area contributed by atoms with Crippen molar-refractivity contribution in [2.45, 2.75) is 64.3 Å². The Hall–Kier alpha value is -1.40. The molecule has 120 valence electrons. The van der Waals surface area contributed by atoms with Crippen LogP contribution in [0.4, 0.5) is 0 Å². The van der Waals surface area contributed by atoms with Crippen molar-refractivity contribution in [2.75, 3.05) is 7.05 Å². The van der Waals surface area contributed by atoms with Gasteiger partial charge >= 0.3 is 5.97 Å². The smallest absolute Gasteiger partial charge is 0.331 e. The molecule has 0 heterocycles. The highest BCUT2D eigenvalue weighted by Gasteiger charge is 2.38. The van der Waals surface area contributed by atoms with Crippen molar-refractivity contribution in [3.05, 3.63) is 11.6 Å². The zero-order chi connectivity index (χ0) is 16.2. The lowest BCUT2D eigenvalue weighted by Crippen LogP contribution is -2.57. The van der Waals surface area contributed by atoms with Crippen LogP contribution >= 0.6 is 0 Å². The molecule has 1 rings (SSSR count). The van der Waals surface area contributed by atoms with Crippen LogP contribution in [0.1, 0.15) is 40.0 Å². The van der Waals surface area contributed by atoms with Gasteiger partial charge in [-0.05, 0) is 12.8 Å². The third kappa shape index (κ3) is 4.28. The van der Waals surface area contributed by atoms with E-state index in [4.69, 9.17) is 10.5 Å². The first-order valence-corrected chi connectivity index (χ1v) is 7.40. The molecule has 1 aliphatic carbocycles. The quantitative estimate of drug-likeness (QED) is 0.767. The van der Waals surface area contributed by atoms with Gasteiger partial charge in [0.05, 0.1) is 18.2 Å². The minimum atomic E-state index is -0.979. The SMILES string of the molecule is CCC(CC)OC1CC(C(=O)O)=CC(N)C1N(C)C(C)=O. The fourth-order valence-electron chi connectivity index (χ4n) is 2.72. The van der Waals surface area contributed by atoms with Gasteiger partial charge in [0.15, 0.2) is 0 Å². The van der Waals surface area contributed by atoms with Crippen LogP contribution < -0.4 is 5.73 Å². The number of nitrogens with zero attached hydrogens (tertiary/aromatic N) is 1. The first-order valence-electron chi connectivity index (χ1n) is 7.40. The summed E-state index contributed by atoms with van der Waals surface area (Å²) in [6, 6.07) is -0.885. The molecule has 0 radical (unpaired) electrons. The first kappa shape index (κ1) is 17.7. The predicted octanol–water partition coefficient (Wildman–Crippen LogP) is 1.15. The summed E-state index contributed by atoms with van der Waals surface area (Å²) in [6.07, 6.45) is 3.12. The summed E-state index contributed by atoms with van der Waals surface area (Å²) >= 11 is 0. The number of nitrogens with two attached hydrogens (primary N) is 1. The topological polar surface area (TPSA) is 92.9 Å². The molecule has 0 saturated heterocycles. The Morgan fingerprint density at radius 3 is 2.48 bits per heavy atom. The van der Waals surface area contributed by atoms with Crippen molar-refractivity contribution in [1.82, 2.24) is 4.90 Å². The third-order valence-electron chi connectivity index (χ3n) is 4.09. The van der Waals surface area contributed by atoms with Crippen LogP contribution in [-0.2, 0) is 14.3 Å². The maximum absolute atomic E-state index is 11.7. The van der Waals surface area contributed by atoms with Gasteiger partial charge in [-0.25, -0.2) is 4.79 Å². The molecule has 3 unspecified atom stereocenters. The van der Waals surface area contributed by atoms with Crippen molar-refractivity contribution in [1.29, 1.82) is 0 Å². The third-order valence-corrected chi connectivity index (χ3v) is 4.09. The molecule has 21 heavy (non-hydrogen) atoms. The lowest BCUT2D eigenvalue weighted by atomic mass is 9.87. The molecule has 0 aromatic rings. The van der Waals surface area contributed by atoms with Crippen LogP contribution in [-0.4, -0.2) is 53.2 Å². The van der Waals surface area contributed by atoms with Gasteiger partial charge in [0.2, 0.25) is 5.91 Å². The average molecular weight is 298 g/mol. The number of amides is 1. The fourth-order valence-corrected chi connectivity index (χ4v) is 2.72. The summed E-state index contributed by atoms with van der Waals surface area (Å²) in [4.78, 5) is 24.4. The fraction of sp³-hybridized carbons (Fsp3) is 0.733. The number of carboxylic acid groups (broad SMARTS) is 1. The van der Waals surface area contributed by atoms with E-state index in [9.17, 15) is 14.7 Å². The van der Waals surface area contributed by atoms with Crippen molar-refractivity contribution in [2.24, 2.45) is 5.73 Å². The molecule has 0 aromatic carbocycles. The maximum atomic E-state index is 11.7. The molecule has 1 aliphatic rings. The van der Waals surface area contributed by atoms with Gasteiger partial charge in [0, 0.05) is 32.0 Å². The van der Waals surface area contributed by atoms with Gasteiger partial charge in [-0.15, -0.1) is 0 Å². The Kier molecular flexibility index (Phi) is 6.36. The number of carboxylic acids is 1. The minimum Gasteiger partial charge on any atom is -0.478 e. The Labute approximate surface area is 125 Å². The van der Waals surface area contributed by atoms with E-state index in [-0.39, 0.29) is 30.0 Å². The van der Waals surface area contributed by atoms with Gasteiger partial charge in [-0.3, -0.25) is 4.79 Å². The van der Waals surface area contributed by atoms with E-state index < -0.39 is 18.1 Å². The van der Waals surface area contributed by atoms with Crippen molar-refractivity contribution < 1.29 is 19.4 Å². The number of carbonyl (C=O) groups excluding carboxylic acids is 1. The maximum Gasteiger partial charge on any atom is 0.331 e. The number of rotatable bonds is 6. The number of hydrogen-bond acceptors (Lipinski definition) is 4. The van der Waals surface area contributed by atoms with E-state index in [0.717, 1.165) is 12.8 Å². The lowest BCUT2D eigenvalue weighted by Gasteiger charge is -2.41. The van der Waals surface area contributed by atoms with Crippen LogP contribution in [0.3, 0.4) is 0 Å². The normalized spacial score (nSPS) is 25.6. The molecule has 0 bridgehead atoms. The number of likely N-dealkylation sites (N-methyl/N-ethyl adjacent to an activating group) is 1. The molecule has 3 atom stereocenters. The van der Waals surface area contributed by atoms with Crippen LogP contribution in [0.25, 0.3) is 0 Å². The monoisotopic (exact) mass is 298 g/mol. The van der Waals surface area contributed by atoms with Gasteiger partial charge in [0.1, 0.15) is 0 Å². The predicted molar refractivity (Wildman–Crippen MR) is 79.8 cm³/mol. The van der Waals surface area contributed by atoms with Gasteiger partial charge in [-0.2, -0.15) is 0 Å². The molecule has 0 saturated carbocycles. The van der Waals surface area contributed by atoms with E-state index in [2.05, 4.69) is 0 Å². The van der Waals surface area contributed by atoms with E-state index in [0.29, 0.717) is 0 Å². The molecule has 0 fully saturated rings. The summed E-state index contributed by atoms with van der Waals surface area (Å²) in [5, 5.41) is 9.20. The number of aliphatic carboxylic acids is 1. The van der Waals surface area contributed by atoms with Crippen LogP contribution in [0.15, 0.2) is 11.6 Å². The second kappa shape index (κ2) is 7.56. The van der Waals surface area contributed by atoms with E-state index in [1.807, 2.05) is 13.8 Å². The zero-order valence-corrected chi connectivity index (χ0v) is 13.2. The highest BCUT2D eigenvalue weighted by Crippen LogP contribution is 2.27. The van der Waals surface area contributed by atoms with Crippen LogP contribution in [0.5, 0.6) is 0 Å². The lowest BCUT2D eigenvalue weighted by molar-refractivity contribution is -0.137. The summed E-state index contributed by atoms with van der Waals surface area (Å²) in [6.45, 7) is 5.51. The molecule has 0 aromatic heterocycles. The average Bonchev–Trinajstić information content (AvgIpc) is 2.43. The second-order valence-corrected chi connectivity index (χ2v) is 5.51. The van der Waals surface area contributed by atoms with E-state index in [1.165, 1.54) is 13.0 Å². The van der Waals surface area contributed by atoms with E-state index in [1.54, 1.807) is 11.9 Å². The van der Waals surface area contributed by atoms with Crippen molar-refractivity contribution >= 4 is 11.9 Å². The number of ether oxygens (including phenoxy) is 1. The Bertz CT molecular complexity index is 418. The standard InChI is InChI=1S/C15H26N2O4/c1-5-11(6-2)21-13-8-10(15(19)20)7-12(16)14(13)17(4)9(3)18/h7,11-14H,5-6,8,16H2,1-4H3,(H,19,20). The highest BCUT2D eigenvalue weighted by molar-refractivity contribution is 5.87.